The molecular formula is C18H14O2S. The van der Waals surface area contributed by atoms with Gasteiger partial charge in [0, 0.05) is 9.79 Å². The smallest absolute Gasteiger partial charge is 0.336 e. The van der Waals surface area contributed by atoms with Crippen LogP contribution in [0, 0.1) is 6.92 Å². The van der Waals surface area contributed by atoms with E-state index in [1.807, 2.05) is 30.3 Å². The van der Waals surface area contributed by atoms with Crippen molar-refractivity contribution in [2.24, 2.45) is 0 Å². The number of carboxylic acids is 1. The van der Waals surface area contributed by atoms with Crippen molar-refractivity contribution >= 4 is 28.5 Å². The Morgan fingerprint density at radius 1 is 0.905 bits per heavy atom. The van der Waals surface area contributed by atoms with Crippen LogP contribution in [0.1, 0.15) is 15.9 Å². The molecule has 104 valence electrons. The van der Waals surface area contributed by atoms with E-state index in [2.05, 4.69) is 31.2 Å². The first-order chi connectivity index (χ1) is 10.1. The monoisotopic (exact) mass is 294 g/mol. The van der Waals surface area contributed by atoms with Crippen LogP contribution < -0.4 is 0 Å². The summed E-state index contributed by atoms with van der Waals surface area (Å²) in [5.41, 5.74) is 1.57. The average Bonchev–Trinajstić information content (AvgIpc) is 2.49. The van der Waals surface area contributed by atoms with E-state index in [1.54, 1.807) is 17.8 Å². The largest absolute Gasteiger partial charge is 0.478 e. The van der Waals surface area contributed by atoms with Crippen LogP contribution in [0.5, 0.6) is 0 Å². The molecule has 0 fully saturated rings. The zero-order chi connectivity index (χ0) is 14.8. The van der Waals surface area contributed by atoms with E-state index in [1.165, 1.54) is 5.56 Å². The summed E-state index contributed by atoms with van der Waals surface area (Å²) in [7, 11) is 0. The summed E-state index contributed by atoms with van der Waals surface area (Å²) in [6.07, 6.45) is 0. The highest BCUT2D eigenvalue weighted by Crippen LogP contribution is 2.35. The lowest BCUT2D eigenvalue weighted by Crippen LogP contribution is -1.97. The second-order valence-electron chi connectivity index (χ2n) is 4.88. The fraction of sp³-hybridized carbons (Fsp3) is 0.0556. The maximum absolute atomic E-state index is 11.3. The molecule has 0 bridgehead atoms. The van der Waals surface area contributed by atoms with Crippen molar-refractivity contribution in [1.82, 2.24) is 0 Å². The maximum Gasteiger partial charge on any atom is 0.336 e. The molecule has 0 aliphatic carbocycles. The summed E-state index contributed by atoms with van der Waals surface area (Å²) >= 11 is 1.65. The van der Waals surface area contributed by atoms with Gasteiger partial charge in [0.25, 0.3) is 0 Å². The van der Waals surface area contributed by atoms with Gasteiger partial charge in [0.1, 0.15) is 0 Å². The van der Waals surface area contributed by atoms with Gasteiger partial charge < -0.3 is 5.11 Å². The fourth-order valence-corrected chi connectivity index (χ4v) is 3.23. The molecule has 0 saturated heterocycles. The van der Waals surface area contributed by atoms with Crippen molar-refractivity contribution in [3.63, 3.8) is 0 Å². The van der Waals surface area contributed by atoms with Crippen LogP contribution in [0.25, 0.3) is 10.8 Å². The maximum atomic E-state index is 11.3. The molecule has 3 aromatic carbocycles. The third-order valence-corrected chi connectivity index (χ3v) is 4.45. The molecular weight excluding hydrogens is 280 g/mol. The van der Waals surface area contributed by atoms with Gasteiger partial charge in [0.15, 0.2) is 0 Å². The summed E-state index contributed by atoms with van der Waals surface area (Å²) in [5, 5.41) is 11.0. The van der Waals surface area contributed by atoms with Gasteiger partial charge in [-0.25, -0.2) is 4.79 Å². The van der Waals surface area contributed by atoms with E-state index in [9.17, 15) is 9.90 Å². The van der Waals surface area contributed by atoms with E-state index in [4.69, 9.17) is 0 Å². The second-order valence-corrected chi connectivity index (χ2v) is 5.99. The van der Waals surface area contributed by atoms with Gasteiger partial charge in [-0.15, -0.1) is 0 Å². The van der Waals surface area contributed by atoms with E-state index < -0.39 is 5.97 Å². The molecule has 2 nitrogen and oxygen atoms in total. The molecule has 3 heteroatoms. The Morgan fingerprint density at radius 3 is 2.24 bits per heavy atom. The predicted molar refractivity (Wildman–Crippen MR) is 86.2 cm³/mol. The lowest BCUT2D eigenvalue weighted by molar-refractivity contribution is 0.0699. The number of hydrogen-bond acceptors (Lipinski definition) is 2. The standard InChI is InChI=1S/C18H14O2S/c1-12-6-8-13(9-7-12)21-17-11-10-16(18(19)20)14-4-2-3-5-15(14)17/h2-11H,1H3,(H,19,20). The van der Waals surface area contributed by atoms with Crippen molar-refractivity contribution in [2.45, 2.75) is 16.7 Å². The minimum absolute atomic E-state index is 0.346. The van der Waals surface area contributed by atoms with Crippen LogP contribution in [0.4, 0.5) is 0 Å². The van der Waals surface area contributed by atoms with Crippen LogP contribution in [0.3, 0.4) is 0 Å². The fourth-order valence-electron chi connectivity index (χ4n) is 2.28. The van der Waals surface area contributed by atoms with Gasteiger partial charge in [-0.2, -0.15) is 0 Å². The summed E-state index contributed by atoms with van der Waals surface area (Å²) in [5.74, 6) is -0.891. The van der Waals surface area contributed by atoms with Crippen LogP contribution in [-0.2, 0) is 0 Å². The normalized spacial score (nSPS) is 10.7. The zero-order valence-corrected chi connectivity index (χ0v) is 12.4. The van der Waals surface area contributed by atoms with Crippen LogP contribution in [-0.4, -0.2) is 11.1 Å². The Hall–Kier alpha value is -2.26. The number of aromatic carboxylic acids is 1. The summed E-state index contributed by atoms with van der Waals surface area (Å²) in [6, 6.07) is 19.5. The number of carboxylic acid groups (broad SMARTS) is 1. The highest BCUT2D eigenvalue weighted by atomic mass is 32.2. The number of aryl methyl sites for hydroxylation is 1. The minimum atomic E-state index is -0.891. The Morgan fingerprint density at radius 2 is 1.57 bits per heavy atom. The number of hydrogen-bond donors (Lipinski definition) is 1. The third-order valence-electron chi connectivity index (χ3n) is 3.36. The van der Waals surface area contributed by atoms with Crippen molar-refractivity contribution in [2.75, 3.05) is 0 Å². The third kappa shape index (κ3) is 2.78. The second kappa shape index (κ2) is 5.62. The number of rotatable bonds is 3. The average molecular weight is 294 g/mol. The van der Waals surface area contributed by atoms with Gasteiger partial charge >= 0.3 is 5.97 Å². The number of fused-ring (bicyclic) bond motifs is 1. The highest BCUT2D eigenvalue weighted by Gasteiger charge is 2.11. The number of benzene rings is 3. The summed E-state index contributed by atoms with van der Waals surface area (Å²) < 4.78 is 0. The molecule has 0 atom stereocenters. The molecule has 0 unspecified atom stereocenters. The Labute approximate surface area is 127 Å². The van der Waals surface area contributed by atoms with E-state index in [-0.39, 0.29) is 0 Å². The molecule has 0 aromatic heterocycles. The highest BCUT2D eigenvalue weighted by molar-refractivity contribution is 7.99. The van der Waals surface area contributed by atoms with Gasteiger partial charge in [0.05, 0.1) is 5.56 Å². The lowest BCUT2D eigenvalue weighted by Gasteiger charge is -2.09. The van der Waals surface area contributed by atoms with E-state index >= 15 is 0 Å². The molecule has 0 radical (unpaired) electrons. The van der Waals surface area contributed by atoms with Crippen molar-refractivity contribution in [3.8, 4) is 0 Å². The Kier molecular flexibility index (Phi) is 3.67. The van der Waals surface area contributed by atoms with Gasteiger partial charge in [0.2, 0.25) is 0 Å². The van der Waals surface area contributed by atoms with Crippen molar-refractivity contribution in [3.05, 3.63) is 71.8 Å². The Bertz CT molecular complexity index is 807. The molecule has 21 heavy (non-hydrogen) atoms. The first-order valence-electron chi connectivity index (χ1n) is 6.65. The summed E-state index contributed by atoms with van der Waals surface area (Å²) in [4.78, 5) is 13.5. The molecule has 3 aromatic rings. The molecule has 0 amide bonds. The minimum Gasteiger partial charge on any atom is -0.478 e. The van der Waals surface area contributed by atoms with Crippen molar-refractivity contribution < 1.29 is 9.90 Å². The van der Waals surface area contributed by atoms with E-state index in [0.29, 0.717) is 5.56 Å². The van der Waals surface area contributed by atoms with Gasteiger partial charge in [-0.3, -0.25) is 0 Å². The summed E-state index contributed by atoms with van der Waals surface area (Å²) in [6.45, 7) is 2.06. The first kappa shape index (κ1) is 13.7. The molecule has 1 N–H and O–H groups in total. The Balaban J connectivity index is 2.09. The van der Waals surface area contributed by atoms with E-state index in [0.717, 1.165) is 20.6 Å². The SMILES string of the molecule is Cc1ccc(Sc2ccc(C(=O)O)c3ccccc23)cc1. The molecule has 3 rings (SSSR count). The van der Waals surface area contributed by atoms with Crippen molar-refractivity contribution in [1.29, 1.82) is 0 Å². The molecule has 0 spiro atoms. The topological polar surface area (TPSA) is 37.3 Å². The molecule has 0 aliphatic rings. The van der Waals surface area contributed by atoms with Crippen LogP contribution in [0.15, 0.2) is 70.5 Å². The quantitative estimate of drug-likeness (QED) is 0.738. The van der Waals surface area contributed by atoms with Crippen LogP contribution >= 0.6 is 11.8 Å². The van der Waals surface area contributed by atoms with Gasteiger partial charge in [-0.05, 0) is 42.0 Å². The van der Waals surface area contributed by atoms with Gasteiger partial charge in [-0.1, -0.05) is 53.7 Å². The lowest BCUT2D eigenvalue weighted by atomic mass is 10.0. The zero-order valence-electron chi connectivity index (χ0n) is 11.5. The predicted octanol–water partition coefficient (Wildman–Crippen LogP) is 5.00. The molecule has 0 saturated carbocycles. The number of carbonyl (C=O) groups is 1. The molecule has 0 aliphatic heterocycles. The molecule has 0 heterocycles. The van der Waals surface area contributed by atoms with Crippen LogP contribution in [0.2, 0.25) is 0 Å². The first-order valence-corrected chi connectivity index (χ1v) is 7.46.